The van der Waals surface area contributed by atoms with E-state index in [4.69, 9.17) is 9.84 Å². The molecule has 1 aliphatic carbocycles. The number of alkyl carbamates (subject to hydrolysis) is 1. The van der Waals surface area contributed by atoms with Crippen molar-refractivity contribution in [3.63, 3.8) is 0 Å². The number of hydrogen-bond acceptors (Lipinski definition) is 3. The molecule has 0 spiro atoms. The lowest BCUT2D eigenvalue weighted by Gasteiger charge is -2.12. The molecule has 0 aromatic rings. The van der Waals surface area contributed by atoms with E-state index in [1.807, 2.05) is 0 Å². The molecule has 1 aliphatic heterocycles. The highest BCUT2D eigenvalue weighted by Gasteiger charge is 2.51. The molecule has 13 heavy (non-hydrogen) atoms. The minimum atomic E-state index is -0.853. The molecule has 0 radical (unpaired) electrons. The van der Waals surface area contributed by atoms with Gasteiger partial charge in [-0.25, -0.2) is 4.79 Å². The number of aliphatic carboxylic acids is 1. The Bertz CT molecular complexity index is 269. The molecule has 0 unspecified atom stereocenters. The van der Waals surface area contributed by atoms with Gasteiger partial charge in [-0.15, -0.1) is 0 Å². The van der Waals surface area contributed by atoms with Crippen molar-refractivity contribution in [2.24, 2.45) is 5.92 Å². The van der Waals surface area contributed by atoms with Gasteiger partial charge in [-0.2, -0.15) is 0 Å². The average Bonchev–Trinajstić information content (AvgIpc) is 2.51. The largest absolute Gasteiger partial charge is 0.481 e. The highest BCUT2D eigenvalue weighted by Crippen LogP contribution is 2.37. The summed E-state index contributed by atoms with van der Waals surface area (Å²) in [5.41, 5.74) is 0. The number of nitrogens with one attached hydrogen (secondary N) is 1. The maximum absolute atomic E-state index is 10.8. The molecule has 0 aromatic carbocycles. The van der Waals surface area contributed by atoms with Crippen molar-refractivity contribution < 1.29 is 19.4 Å². The third kappa shape index (κ3) is 1.29. The summed E-state index contributed by atoms with van der Waals surface area (Å²) < 4.78 is 4.92. The van der Waals surface area contributed by atoms with Gasteiger partial charge >= 0.3 is 12.1 Å². The van der Waals surface area contributed by atoms with E-state index < -0.39 is 18.0 Å². The molecule has 2 fully saturated rings. The molecule has 5 nitrogen and oxygen atoms in total. The van der Waals surface area contributed by atoms with Gasteiger partial charge in [0.05, 0.1) is 16.8 Å². The van der Waals surface area contributed by atoms with Gasteiger partial charge in [0, 0.05) is 0 Å². The zero-order valence-electron chi connectivity index (χ0n) is 6.57. The number of rotatable bonds is 1. The van der Waals surface area contributed by atoms with Crippen molar-refractivity contribution in [1.82, 2.24) is 5.32 Å². The van der Waals surface area contributed by atoms with Gasteiger partial charge in [0.1, 0.15) is 6.10 Å². The summed E-state index contributed by atoms with van der Waals surface area (Å²) in [7, 11) is 0. The van der Waals surface area contributed by atoms with Crippen LogP contribution in [-0.4, -0.2) is 34.1 Å². The number of carbonyl (C=O) groups is 2. The molecule has 1 saturated heterocycles. The van der Waals surface area contributed by atoms with Gasteiger partial charge in [0.25, 0.3) is 0 Å². The Hall–Kier alpha value is -0.780. The number of ether oxygens (including phenoxy) is 1. The molecule has 6 heteroatoms. The Labute approximate surface area is 82.6 Å². The minimum absolute atomic E-state index is 0.155. The Balaban J connectivity index is 2.13. The fraction of sp³-hybridized carbons (Fsp3) is 0.714. The van der Waals surface area contributed by atoms with Crippen LogP contribution in [0.5, 0.6) is 0 Å². The van der Waals surface area contributed by atoms with Crippen LogP contribution in [0.1, 0.15) is 6.42 Å². The van der Waals surface area contributed by atoms with Crippen LogP contribution < -0.4 is 5.32 Å². The predicted octanol–water partition coefficient (Wildman–Crippen LogP) is 0.331. The molecule has 72 valence electrons. The Morgan fingerprint density at radius 1 is 1.69 bits per heavy atom. The number of amides is 1. The van der Waals surface area contributed by atoms with Crippen LogP contribution in [0.4, 0.5) is 4.79 Å². The summed E-state index contributed by atoms with van der Waals surface area (Å²) >= 11 is 3.24. The first-order chi connectivity index (χ1) is 6.09. The fourth-order valence-electron chi connectivity index (χ4n) is 1.82. The predicted molar refractivity (Wildman–Crippen MR) is 45.7 cm³/mol. The van der Waals surface area contributed by atoms with Crippen LogP contribution in [0.25, 0.3) is 0 Å². The molecule has 1 amide bonds. The van der Waals surface area contributed by atoms with E-state index in [1.165, 1.54) is 0 Å². The first-order valence-corrected chi connectivity index (χ1v) is 4.85. The van der Waals surface area contributed by atoms with Crippen molar-refractivity contribution in [3.8, 4) is 0 Å². The lowest BCUT2D eigenvalue weighted by molar-refractivity contribution is -0.141. The second kappa shape index (κ2) is 2.87. The van der Waals surface area contributed by atoms with E-state index in [2.05, 4.69) is 21.2 Å². The molecule has 1 saturated carbocycles. The fourth-order valence-corrected chi connectivity index (χ4v) is 2.74. The summed E-state index contributed by atoms with van der Waals surface area (Å²) in [5, 5.41) is 11.4. The molecule has 1 heterocycles. The van der Waals surface area contributed by atoms with Crippen molar-refractivity contribution in [2.75, 3.05) is 0 Å². The quantitative estimate of drug-likeness (QED) is 0.657. The normalized spacial score (nSPS) is 42.4. The number of hydrogen-bond donors (Lipinski definition) is 2. The van der Waals surface area contributed by atoms with Crippen molar-refractivity contribution in [1.29, 1.82) is 0 Å². The number of halogens is 1. The molecule has 0 bridgehead atoms. The second-order valence-electron chi connectivity index (χ2n) is 3.25. The van der Waals surface area contributed by atoms with Crippen LogP contribution in [0.3, 0.4) is 0 Å². The van der Waals surface area contributed by atoms with Gasteiger partial charge < -0.3 is 15.2 Å². The smallest absolute Gasteiger partial charge is 0.407 e. The monoisotopic (exact) mass is 249 g/mol. The average molecular weight is 250 g/mol. The first-order valence-electron chi connectivity index (χ1n) is 3.93. The van der Waals surface area contributed by atoms with E-state index in [0.717, 1.165) is 0 Å². The summed E-state index contributed by atoms with van der Waals surface area (Å²) in [6, 6.07) is -0.155. The van der Waals surface area contributed by atoms with Crippen molar-refractivity contribution in [3.05, 3.63) is 0 Å². The molecular formula is C7H8BrNO4. The molecule has 4 atom stereocenters. The summed E-state index contributed by atoms with van der Waals surface area (Å²) in [4.78, 5) is 21.2. The lowest BCUT2D eigenvalue weighted by Crippen LogP contribution is -2.28. The summed E-state index contributed by atoms with van der Waals surface area (Å²) in [6.07, 6.45) is -0.362. The number of fused-ring (bicyclic) bond motifs is 1. The van der Waals surface area contributed by atoms with E-state index in [-0.39, 0.29) is 17.0 Å². The van der Waals surface area contributed by atoms with Crippen LogP contribution in [0, 0.1) is 5.92 Å². The molecule has 2 aliphatic rings. The SMILES string of the molecule is O=C1N[C@H]2C[C@@H](C(=O)O)[C@H](Br)[C@H]2O1. The number of carbonyl (C=O) groups excluding carboxylic acids is 1. The Morgan fingerprint density at radius 2 is 2.38 bits per heavy atom. The third-order valence-corrected chi connectivity index (χ3v) is 3.63. The molecule has 0 aromatic heterocycles. The topological polar surface area (TPSA) is 75.6 Å². The van der Waals surface area contributed by atoms with Gasteiger partial charge in [0.15, 0.2) is 0 Å². The van der Waals surface area contributed by atoms with Crippen LogP contribution in [-0.2, 0) is 9.53 Å². The van der Waals surface area contributed by atoms with Gasteiger partial charge in [-0.1, -0.05) is 15.9 Å². The minimum Gasteiger partial charge on any atom is -0.481 e. The van der Waals surface area contributed by atoms with Crippen LogP contribution in [0.15, 0.2) is 0 Å². The standard InChI is InChI=1S/C7H8BrNO4/c8-4-2(6(10)11)1-3-5(4)13-7(12)9-3/h2-5H,1H2,(H,9,12)(H,10,11)/t2-,3+,4+,5+/m1/s1. The van der Waals surface area contributed by atoms with E-state index in [9.17, 15) is 9.59 Å². The Kier molecular flexibility index (Phi) is 1.94. The molecule has 2 N–H and O–H groups in total. The van der Waals surface area contributed by atoms with E-state index in [0.29, 0.717) is 6.42 Å². The maximum atomic E-state index is 10.8. The van der Waals surface area contributed by atoms with Crippen molar-refractivity contribution >= 4 is 28.0 Å². The van der Waals surface area contributed by atoms with E-state index >= 15 is 0 Å². The van der Waals surface area contributed by atoms with Crippen LogP contribution >= 0.6 is 15.9 Å². The lowest BCUT2D eigenvalue weighted by atomic mass is 10.1. The van der Waals surface area contributed by atoms with Crippen molar-refractivity contribution in [2.45, 2.75) is 23.4 Å². The van der Waals surface area contributed by atoms with E-state index in [1.54, 1.807) is 0 Å². The number of alkyl halides is 1. The number of carboxylic acid groups (broad SMARTS) is 1. The zero-order valence-corrected chi connectivity index (χ0v) is 8.15. The first kappa shape index (κ1) is 8.80. The van der Waals surface area contributed by atoms with Gasteiger partial charge in [-0.3, -0.25) is 4.79 Å². The Morgan fingerprint density at radius 3 is 2.92 bits per heavy atom. The van der Waals surface area contributed by atoms with Crippen LogP contribution in [0.2, 0.25) is 0 Å². The maximum Gasteiger partial charge on any atom is 0.407 e. The zero-order chi connectivity index (χ0) is 9.59. The summed E-state index contributed by atoms with van der Waals surface area (Å²) in [5.74, 6) is -1.33. The second-order valence-corrected chi connectivity index (χ2v) is 4.30. The molecular weight excluding hydrogens is 242 g/mol. The van der Waals surface area contributed by atoms with Gasteiger partial charge in [0.2, 0.25) is 0 Å². The highest BCUT2D eigenvalue weighted by molar-refractivity contribution is 9.09. The number of carboxylic acids is 1. The summed E-state index contributed by atoms with van der Waals surface area (Å²) in [6.45, 7) is 0. The van der Waals surface area contributed by atoms with Gasteiger partial charge in [-0.05, 0) is 6.42 Å². The third-order valence-electron chi connectivity index (χ3n) is 2.47. The highest BCUT2D eigenvalue weighted by atomic mass is 79.9. The molecule has 2 rings (SSSR count).